The van der Waals surface area contributed by atoms with Gasteiger partial charge in [0.05, 0.1) is 24.9 Å². The highest BCUT2D eigenvalue weighted by Gasteiger charge is 2.18. The van der Waals surface area contributed by atoms with Gasteiger partial charge in [0.1, 0.15) is 5.75 Å². The van der Waals surface area contributed by atoms with E-state index in [4.69, 9.17) is 9.47 Å². The Balaban J connectivity index is 1.89. The average molecular weight is 277 g/mol. The van der Waals surface area contributed by atoms with Crippen LogP contribution in [0.25, 0.3) is 0 Å². The van der Waals surface area contributed by atoms with E-state index in [-0.39, 0.29) is 12.1 Å². The van der Waals surface area contributed by atoms with Crippen LogP contribution in [0.1, 0.15) is 51.1 Å². The molecule has 0 bridgehead atoms. The zero-order valence-electron chi connectivity index (χ0n) is 12.9. The first kappa shape index (κ1) is 15.3. The highest BCUT2D eigenvalue weighted by Crippen LogP contribution is 2.24. The van der Waals surface area contributed by atoms with E-state index < -0.39 is 0 Å². The molecular weight excluding hydrogens is 250 g/mol. The molecule has 112 valence electrons. The molecule has 0 spiro atoms. The first-order chi connectivity index (χ1) is 9.69. The molecule has 0 aliphatic heterocycles. The van der Waals surface area contributed by atoms with Crippen molar-refractivity contribution in [3.8, 4) is 5.75 Å². The van der Waals surface area contributed by atoms with Crippen molar-refractivity contribution >= 4 is 0 Å². The second-order valence-electron chi connectivity index (χ2n) is 5.82. The van der Waals surface area contributed by atoms with E-state index in [1.165, 1.54) is 31.2 Å². The lowest BCUT2D eigenvalue weighted by Gasteiger charge is -2.20. The van der Waals surface area contributed by atoms with Gasteiger partial charge >= 0.3 is 0 Å². The molecule has 20 heavy (non-hydrogen) atoms. The van der Waals surface area contributed by atoms with Crippen molar-refractivity contribution in [3.63, 3.8) is 0 Å². The molecule has 1 N–H and O–H groups in total. The zero-order chi connectivity index (χ0) is 14.4. The Morgan fingerprint density at radius 3 is 2.35 bits per heavy atom. The fourth-order valence-electron chi connectivity index (χ4n) is 2.68. The largest absolute Gasteiger partial charge is 0.491 e. The fourth-order valence-corrected chi connectivity index (χ4v) is 2.68. The highest BCUT2D eigenvalue weighted by molar-refractivity contribution is 5.29. The smallest absolute Gasteiger partial charge is 0.119 e. The maximum absolute atomic E-state index is 6.01. The minimum absolute atomic E-state index is 0.214. The molecule has 0 amide bonds. The molecule has 1 aliphatic carbocycles. The second-order valence-corrected chi connectivity index (χ2v) is 5.82. The molecule has 0 saturated heterocycles. The summed E-state index contributed by atoms with van der Waals surface area (Å²) in [6.07, 6.45) is 5.75. The monoisotopic (exact) mass is 277 g/mol. The number of benzene rings is 1. The van der Waals surface area contributed by atoms with Gasteiger partial charge in [-0.1, -0.05) is 25.0 Å². The summed E-state index contributed by atoms with van der Waals surface area (Å²) in [5.41, 5.74) is 1.25. The van der Waals surface area contributed by atoms with Crippen LogP contribution in [0.15, 0.2) is 24.3 Å². The molecule has 3 nitrogen and oxygen atoms in total. The lowest BCUT2D eigenvalue weighted by Crippen LogP contribution is -2.24. The summed E-state index contributed by atoms with van der Waals surface area (Å²) in [5.74, 6) is 0.926. The van der Waals surface area contributed by atoms with Gasteiger partial charge in [0.15, 0.2) is 0 Å². The minimum Gasteiger partial charge on any atom is -0.491 e. The Morgan fingerprint density at radius 1 is 1.15 bits per heavy atom. The third-order valence-electron chi connectivity index (χ3n) is 3.80. The summed E-state index contributed by atoms with van der Waals surface area (Å²) in [4.78, 5) is 0. The Labute approximate surface area is 122 Å². The van der Waals surface area contributed by atoms with Gasteiger partial charge in [-0.3, -0.25) is 0 Å². The molecule has 1 atom stereocenters. The third-order valence-corrected chi connectivity index (χ3v) is 3.80. The summed E-state index contributed by atoms with van der Waals surface area (Å²) >= 11 is 0. The Morgan fingerprint density at radius 2 is 1.80 bits per heavy atom. The number of hydrogen-bond donors (Lipinski definition) is 1. The van der Waals surface area contributed by atoms with Crippen molar-refractivity contribution in [3.05, 3.63) is 29.8 Å². The average Bonchev–Trinajstić information content (AvgIpc) is 2.94. The van der Waals surface area contributed by atoms with E-state index >= 15 is 0 Å². The van der Waals surface area contributed by atoms with Gasteiger partial charge in [-0.15, -0.1) is 0 Å². The Bertz CT molecular complexity index is 382. The van der Waals surface area contributed by atoms with Crippen LogP contribution < -0.4 is 10.1 Å². The van der Waals surface area contributed by atoms with Crippen LogP contribution in [0.2, 0.25) is 0 Å². The van der Waals surface area contributed by atoms with Crippen LogP contribution in [0.3, 0.4) is 0 Å². The van der Waals surface area contributed by atoms with Crippen molar-refractivity contribution in [2.24, 2.45) is 0 Å². The topological polar surface area (TPSA) is 30.5 Å². The summed E-state index contributed by atoms with van der Waals surface area (Å²) in [5, 5.41) is 3.34. The van der Waals surface area contributed by atoms with Crippen LogP contribution in [0.4, 0.5) is 0 Å². The van der Waals surface area contributed by atoms with E-state index in [1.54, 1.807) is 0 Å². The molecule has 3 heteroatoms. The van der Waals surface area contributed by atoms with E-state index in [0.29, 0.717) is 6.10 Å². The number of hydrogen-bond acceptors (Lipinski definition) is 3. The Hall–Kier alpha value is -1.06. The molecule has 1 saturated carbocycles. The number of nitrogens with one attached hydrogen (secondary N) is 1. The lowest BCUT2D eigenvalue weighted by atomic mass is 10.1. The molecular formula is C17H27NO2. The van der Waals surface area contributed by atoms with Crippen molar-refractivity contribution in [1.29, 1.82) is 0 Å². The molecule has 1 fully saturated rings. The summed E-state index contributed by atoms with van der Waals surface area (Å²) in [6.45, 7) is 4.82. The number of ether oxygens (including phenoxy) is 2. The molecule has 2 rings (SSSR count). The van der Waals surface area contributed by atoms with Crippen molar-refractivity contribution < 1.29 is 9.47 Å². The molecule has 0 heterocycles. The highest BCUT2D eigenvalue weighted by atomic mass is 16.5. The van der Waals surface area contributed by atoms with Crippen LogP contribution >= 0.6 is 0 Å². The lowest BCUT2D eigenvalue weighted by molar-refractivity contribution is 0.0438. The predicted molar refractivity (Wildman–Crippen MR) is 82.2 cm³/mol. The van der Waals surface area contributed by atoms with Crippen LogP contribution in [-0.4, -0.2) is 25.9 Å². The maximum atomic E-state index is 6.01. The quantitative estimate of drug-likeness (QED) is 0.824. The van der Waals surface area contributed by atoms with Crippen LogP contribution in [0, 0.1) is 0 Å². The van der Waals surface area contributed by atoms with Crippen LogP contribution in [0.5, 0.6) is 5.75 Å². The molecule has 0 radical (unpaired) electrons. The summed E-state index contributed by atoms with van der Waals surface area (Å²) in [7, 11) is 1.99. The van der Waals surface area contributed by atoms with Crippen LogP contribution in [-0.2, 0) is 4.74 Å². The summed E-state index contributed by atoms with van der Waals surface area (Å²) < 4.78 is 11.7. The normalized spacial score (nSPS) is 17.6. The van der Waals surface area contributed by atoms with Gasteiger partial charge in [-0.2, -0.15) is 0 Å². The number of rotatable bonds is 7. The summed E-state index contributed by atoms with van der Waals surface area (Å²) in [6, 6.07) is 8.57. The minimum atomic E-state index is 0.214. The van der Waals surface area contributed by atoms with Gasteiger partial charge < -0.3 is 14.8 Å². The van der Waals surface area contributed by atoms with Crippen molar-refractivity contribution in [1.82, 2.24) is 5.32 Å². The third kappa shape index (κ3) is 4.50. The van der Waals surface area contributed by atoms with Gasteiger partial charge in [-0.05, 0) is 51.4 Å². The first-order valence-electron chi connectivity index (χ1n) is 7.74. The maximum Gasteiger partial charge on any atom is 0.119 e. The van der Waals surface area contributed by atoms with Gasteiger partial charge in [0.25, 0.3) is 0 Å². The zero-order valence-corrected chi connectivity index (χ0v) is 12.9. The van der Waals surface area contributed by atoms with Gasteiger partial charge in [-0.25, -0.2) is 0 Å². The van der Waals surface area contributed by atoms with Gasteiger partial charge in [0.2, 0.25) is 0 Å². The van der Waals surface area contributed by atoms with Gasteiger partial charge in [0, 0.05) is 0 Å². The molecule has 0 aromatic heterocycles. The van der Waals surface area contributed by atoms with Crippen molar-refractivity contribution in [2.75, 3.05) is 13.7 Å². The molecule has 1 unspecified atom stereocenters. The standard InChI is InChI=1S/C17H27NO2/c1-13(2)20-16-10-8-14(9-11-16)17(18-3)12-19-15-6-4-5-7-15/h8-11,13,15,17-18H,4-7,12H2,1-3H3. The molecule has 1 aromatic rings. The van der Waals surface area contributed by atoms with E-state index in [0.717, 1.165) is 12.4 Å². The van der Waals surface area contributed by atoms with E-state index in [9.17, 15) is 0 Å². The fraction of sp³-hybridized carbons (Fsp3) is 0.647. The second kappa shape index (κ2) is 7.65. The van der Waals surface area contributed by atoms with E-state index in [1.807, 2.05) is 33.0 Å². The predicted octanol–water partition coefficient (Wildman–Crippen LogP) is 3.69. The van der Waals surface area contributed by atoms with Crippen molar-refractivity contribution in [2.45, 2.75) is 57.8 Å². The Kier molecular flexibility index (Phi) is 5.86. The van der Waals surface area contributed by atoms with E-state index in [2.05, 4.69) is 17.4 Å². The molecule has 1 aromatic carbocycles. The number of likely N-dealkylation sites (N-methyl/N-ethyl adjacent to an activating group) is 1. The molecule has 1 aliphatic rings. The SMILES string of the molecule is CNC(COC1CCCC1)c1ccc(OC(C)C)cc1. The first-order valence-corrected chi connectivity index (χ1v) is 7.74.